The highest BCUT2D eigenvalue weighted by atomic mass is 16.2. The van der Waals surface area contributed by atoms with Crippen molar-refractivity contribution in [3.05, 3.63) is 30.1 Å². The second-order valence-corrected chi connectivity index (χ2v) is 9.15. The number of carbonyl (C=O) groups is 1. The van der Waals surface area contributed by atoms with Crippen molar-refractivity contribution in [2.75, 3.05) is 18.8 Å². The fourth-order valence-corrected chi connectivity index (χ4v) is 4.44. The predicted molar refractivity (Wildman–Crippen MR) is 146 cm³/mol. The third kappa shape index (κ3) is 7.08. The number of nitrogens with zero attached hydrogens (tertiary/aromatic N) is 3. The molecular weight excluding hydrogens is 424 g/mol. The molecular formula is C27H46N6O. The van der Waals surface area contributed by atoms with E-state index in [-0.39, 0.29) is 8.88 Å². The second-order valence-electron chi connectivity index (χ2n) is 9.15. The molecule has 0 bridgehead atoms. The quantitative estimate of drug-likeness (QED) is 0.223. The lowest BCUT2D eigenvalue weighted by Gasteiger charge is -2.11. The Morgan fingerprint density at radius 1 is 0.912 bits per heavy atom. The number of aromatic nitrogens is 3. The van der Waals surface area contributed by atoms with Gasteiger partial charge in [0.25, 0.3) is 0 Å². The van der Waals surface area contributed by atoms with Gasteiger partial charge in [0.2, 0.25) is 0 Å². The molecule has 0 radical (unpaired) electrons. The average molecular weight is 471 g/mol. The third-order valence-electron chi connectivity index (χ3n) is 6.35. The fourth-order valence-electron chi connectivity index (χ4n) is 4.44. The smallest absolute Gasteiger partial charge is 0.314 e. The molecule has 1 aromatic carbocycles. The number of benzene rings is 1. The van der Waals surface area contributed by atoms with Crippen molar-refractivity contribution in [1.29, 1.82) is 0 Å². The first-order chi connectivity index (χ1) is 16.7. The number of fused-ring (bicyclic) bond motifs is 3. The Morgan fingerprint density at radius 3 is 2.35 bits per heavy atom. The number of hydrogen-bond donors (Lipinski definition) is 3. The van der Waals surface area contributed by atoms with Crippen LogP contribution in [0.2, 0.25) is 0 Å². The normalized spacial score (nSPS) is 11.4. The van der Waals surface area contributed by atoms with Crippen LogP contribution in [0.4, 0.5) is 10.6 Å². The molecule has 34 heavy (non-hydrogen) atoms. The van der Waals surface area contributed by atoms with Gasteiger partial charge in [-0.25, -0.2) is 14.8 Å². The van der Waals surface area contributed by atoms with Gasteiger partial charge in [0, 0.05) is 34.3 Å². The first-order valence-electron chi connectivity index (χ1n) is 13.2. The molecule has 0 aliphatic carbocycles. The highest BCUT2D eigenvalue weighted by Gasteiger charge is 2.16. The van der Waals surface area contributed by atoms with Crippen molar-refractivity contribution < 1.29 is 7.65 Å². The van der Waals surface area contributed by atoms with E-state index >= 15 is 0 Å². The van der Waals surface area contributed by atoms with E-state index in [1.807, 2.05) is 18.2 Å². The lowest BCUT2D eigenvalue weighted by molar-refractivity contribution is 0.240. The SMILES string of the molecule is CCCCCCCCNC(=O)NCCCCn1c(CCCC)nc2c(N)nc3ccccc3c21.[HH].[HH]. The van der Waals surface area contributed by atoms with Crippen molar-refractivity contribution in [2.45, 2.75) is 91.0 Å². The maximum atomic E-state index is 12.0. The Bertz CT molecular complexity index is 1060. The molecule has 2 aromatic heterocycles. The molecule has 0 saturated carbocycles. The molecule has 0 spiro atoms. The van der Waals surface area contributed by atoms with Crippen LogP contribution in [-0.4, -0.2) is 33.7 Å². The molecule has 0 unspecified atom stereocenters. The Morgan fingerprint density at radius 2 is 1.59 bits per heavy atom. The molecule has 0 fully saturated rings. The summed E-state index contributed by atoms with van der Waals surface area (Å²) in [6, 6.07) is 8.07. The van der Waals surface area contributed by atoms with Gasteiger partial charge in [-0.3, -0.25) is 0 Å². The molecule has 7 heteroatoms. The zero-order valence-electron chi connectivity index (χ0n) is 21.0. The zero-order chi connectivity index (χ0) is 24.2. The molecule has 190 valence electrons. The molecule has 3 rings (SSSR count). The molecule has 4 N–H and O–H groups in total. The number of nitrogens with one attached hydrogen (secondary N) is 2. The number of hydrogen-bond acceptors (Lipinski definition) is 4. The number of carbonyl (C=O) groups excluding carboxylic acids is 1. The van der Waals surface area contributed by atoms with Gasteiger partial charge in [0.1, 0.15) is 11.3 Å². The van der Waals surface area contributed by atoms with E-state index in [0.29, 0.717) is 12.4 Å². The van der Waals surface area contributed by atoms with Crippen LogP contribution in [0.3, 0.4) is 0 Å². The lowest BCUT2D eigenvalue weighted by atomic mass is 10.1. The van der Waals surface area contributed by atoms with Gasteiger partial charge < -0.3 is 20.9 Å². The van der Waals surface area contributed by atoms with Crippen LogP contribution in [0.1, 0.15) is 86.7 Å². The van der Waals surface area contributed by atoms with Gasteiger partial charge in [-0.05, 0) is 31.7 Å². The average Bonchev–Trinajstić information content (AvgIpc) is 3.21. The lowest BCUT2D eigenvalue weighted by Crippen LogP contribution is -2.36. The van der Waals surface area contributed by atoms with E-state index in [9.17, 15) is 4.79 Å². The van der Waals surface area contributed by atoms with E-state index in [0.717, 1.165) is 79.4 Å². The summed E-state index contributed by atoms with van der Waals surface area (Å²) in [6.07, 6.45) is 12.4. The number of nitrogen functional groups attached to an aromatic ring is 1. The monoisotopic (exact) mass is 470 g/mol. The number of aryl methyl sites for hydroxylation is 2. The van der Waals surface area contributed by atoms with Crippen LogP contribution in [0, 0.1) is 0 Å². The number of anilines is 1. The van der Waals surface area contributed by atoms with Gasteiger partial charge in [-0.2, -0.15) is 0 Å². The van der Waals surface area contributed by atoms with Crippen LogP contribution in [0.5, 0.6) is 0 Å². The number of amides is 2. The maximum absolute atomic E-state index is 12.0. The van der Waals surface area contributed by atoms with Gasteiger partial charge in [0.15, 0.2) is 5.82 Å². The second kappa shape index (κ2) is 13.8. The Labute approximate surface area is 206 Å². The number of pyridine rings is 1. The van der Waals surface area contributed by atoms with Crippen molar-refractivity contribution in [1.82, 2.24) is 25.2 Å². The Kier molecular flexibility index (Phi) is 10.4. The van der Waals surface area contributed by atoms with E-state index in [1.165, 1.54) is 32.1 Å². The zero-order valence-corrected chi connectivity index (χ0v) is 21.0. The summed E-state index contributed by atoms with van der Waals surface area (Å²) < 4.78 is 2.32. The van der Waals surface area contributed by atoms with Crippen molar-refractivity contribution in [3.63, 3.8) is 0 Å². The van der Waals surface area contributed by atoms with Gasteiger partial charge in [0.05, 0.1) is 11.0 Å². The standard InChI is InChI=1S/C27H42N6O.2H2/c1-3-5-7-8-9-12-18-29-27(34)30-19-13-14-20-33-23(17-6-4-2)32-24-25(33)21-15-10-11-16-22(21)31-26(24)28;;/h10-11,15-16H,3-9,12-14,17-20H2,1-2H3,(H2,28,31)(H2,29,30,34);2*1H. The third-order valence-corrected chi connectivity index (χ3v) is 6.35. The molecule has 0 aliphatic rings. The number of urea groups is 1. The first kappa shape index (κ1) is 25.8. The minimum Gasteiger partial charge on any atom is -0.382 e. The van der Waals surface area contributed by atoms with Crippen LogP contribution in [0.25, 0.3) is 21.9 Å². The maximum Gasteiger partial charge on any atom is 0.314 e. The first-order valence-corrected chi connectivity index (χ1v) is 13.2. The molecule has 2 heterocycles. The summed E-state index contributed by atoms with van der Waals surface area (Å²) in [4.78, 5) is 21.5. The minimum absolute atomic E-state index is 0. The fraction of sp³-hybridized carbons (Fsp3) is 0.593. The van der Waals surface area contributed by atoms with Crippen molar-refractivity contribution in [2.24, 2.45) is 0 Å². The van der Waals surface area contributed by atoms with Crippen LogP contribution >= 0.6 is 0 Å². The minimum atomic E-state index is -0.0601. The molecule has 0 saturated heterocycles. The summed E-state index contributed by atoms with van der Waals surface area (Å²) in [5.74, 6) is 1.57. The van der Waals surface area contributed by atoms with E-state index < -0.39 is 0 Å². The Balaban J connectivity index is 0.00000324. The van der Waals surface area contributed by atoms with Gasteiger partial charge in [-0.15, -0.1) is 0 Å². The van der Waals surface area contributed by atoms with Crippen molar-refractivity contribution in [3.8, 4) is 0 Å². The van der Waals surface area contributed by atoms with Crippen LogP contribution in [-0.2, 0) is 13.0 Å². The predicted octanol–water partition coefficient (Wildman–Crippen LogP) is 6.44. The van der Waals surface area contributed by atoms with Crippen LogP contribution in [0.15, 0.2) is 24.3 Å². The van der Waals surface area contributed by atoms with E-state index in [4.69, 9.17) is 10.7 Å². The van der Waals surface area contributed by atoms with E-state index in [1.54, 1.807) is 0 Å². The summed E-state index contributed by atoms with van der Waals surface area (Å²) in [6.45, 7) is 6.70. The Hall–Kier alpha value is -2.83. The molecule has 0 atom stereocenters. The van der Waals surface area contributed by atoms with E-state index in [2.05, 4.69) is 40.1 Å². The largest absolute Gasteiger partial charge is 0.382 e. The topological polar surface area (TPSA) is 97.9 Å². The van der Waals surface area contributed by atoms with Crippen molar-refractivity contribution >= 4 is 33.8 Å². The number of imidazole rings is 1. The molecule has 7 nitrogen and oxygen atoms in total. The summed E-state index contributed by atoms with van der Waals surface area (Å²) in [7, 11) is 0. The number of para-hydroxylation sites is 1. The van der Waals surface area contributed by atoms with Gasteiger partial charge >= 0.3 is 6.03 Å². The molecule has 2 amide bonds. The molecule has 3 aromatic rings. The number of rotatable bonds is 15. The number of unbranched alkanes of at least 4 members (excludes halogenated alkanes) is 7. The number of nitrogens with two attached hydrogens (primary N) is 1. The summed E-state index contributed by atoms with van der Waals surface area (Å²) in [5, 5.41) is 7.06. The highest BCUT2D eigenvalue weighted by molar-refractivity contribution is 6.06. The summed E-state index contributed by atoms with van der Waals surface area (Å²) in [5.41, 5.74) is 9.07. The van der Waals surface area contributed by atoms with Gasteiger partial charge in [-0.1, -0.05) is 70.6 Å². The van der Waals surface area contributed by atoms with Crippen LogP contribution < -0.4 is 16.4 Å². The highest BCUT2D eigenvalue weighted by Crippen LogP contribution is 2.29. The summed E-state index contributed by atoms with van der Waals surface area (Å²) >= 11 is 0. The molecule has 0 aliphatic heterocycles.